The Morgan fingerprint density at radius 1 is 1.53 bits per heavy atom. The molecule has 0 bridgehead atoms. The largest absolute Gasteiger partial charge is 0.430 e. The van der Waals surface area contributed by atoms with Crippen molar-refractivity contribution in [1.29, 1.82) is 0 Å². The highest BCUT2D eigenvalue weighted by atomic mass is 79.9. The Bertz CT molecular complexity index is 490. The van der Waals surface area contributed by atoms with Gasteiger partial charge < -0.3 is 9.52 Å². The van der Waals surface area contributed by atoms with Gasteiger partial charge in [0.1, 0.15) is 12.0 Å². The Kier molecular flexibility index (Phi) is 2.62. The molecule has 0 saturated heterocycles. The van der Waals surface area contributed by atoms with Crippen LogP contribution in [0, 0.1) is 13.8 Å². The molecule has 0 saturated carbocycles. The number of aliphatic hydroxyl groups excluding tert-OH is 1. The SMILES string of the molecule is Cc1nn(-c2nc(CO)co2)c(C)c1Br. The topological polar surface area (TPSA) is 64.1 Å². The zero-order chi connectivity index (χ0) is 11.0. The van der Waals surface area contributed by atoms with Crippen molar-refractivity contribution in [3.8, 4) is 6.01 Å². The summed E-state index contributed by atoms with van der Waals surface area (Å²) in [6, 6.07) is 0.366. The minimum absolute atomic E-state index is 0.135. The molecule has 5 nitrogen and oxygen atoms in total. The molecular weight excluding hydrogens is 262 g/mol. The van der Waals surface area contributed by atoms with Crippen LogP contribution in [0.5, 0.6) is 0 Å². The zero-order valence-corrected chi connectivity index (χ0v) is 9.95. The molecule has 2 rings (SSSR count). The number of halogens is 1. The molecule has 0 aromatic carbocycles. The van der Waals surface area contributed by atoms with Crippen LogP contribution in [0.1, 0.15) is 17.1 Å². The van der Waals surface area contributed by atoms with Crippen LogP contribution >= 0.6 is 15.9 Å². The third kappa shape index (κ3) is 1.70. The molecule has 0 aliphatic heterocycles. The predicted molar refractivity (Wildman–Crippen MR) is 56.7 cm³/mol. The maximum atomic E-state index is 8.87. The molecule has 0 aliphatic carbocycles. The van der Waals surface area contributed by atoms with E-state index in [1.54, 1.807) is 4.68 Å². The normalized spacial score (nSPS) is 10.9. The lowest BCUT2D eigenvalue weighted by Crippen LogP contribution is -1.99. The molecule has 1 N–H and O–H groups in total. The van der Waals surface area contributed by atoms with Crippen LogP contribution in [0.4, 0.5) is 0 Å². The molecule has 15 heavy (non-hydrogen) atoms. The average Bonchev–Trinajstić information content (AvgIpc) is 2.79. The number of aryl methyl sites for hydroxylation is 1. The highest BCUT2D eigenvalue weighted by molar-refractivity contribution is 9.10. The van der Waals surface area contributed by atoms with Crippen molar-refractivity contribution in [2.45, 2.75) is 20.5 Å². The van der Waals surface area contributed by atoms with Gasteiger partial charge in [-0.15, -0.1) is 0 Å². The van der Waals surface area contributed by atoms with Gasteiger partial charge in [0.05, 0.1) is 22.5 Å². The van der Waals surface area contributed by atoms with Gasteiger partial charge in [-0.25, -0.2) is 0 Å². The minimum atomic E-state index is -0.135. The highest BCUT2D eigenvalue weighted by Crippen LogP contribution is 2.22. The second-order valence-corrected chi connectivity index (χ2v) is 3.97. The first-order chi connectivity index (χ1) is 7.13. The molecular formula is C9H10BrN3O2. The standard InChI is InChI=1S/C9H10BrN3O2/c1-5-8(10)6(2)13(12-5)9-11-7(3-14)4-15-9/h4,14H,3H2,1-2H3. The van der Waals surface area contributed by atoms with E-state index in [2.05, 4.69) is 26.0 Å². The Morgan fingerprint density at radius 2 is 2.27 bits per heavy atom. The maximum absolute atomic E-state index is 8.87. The van der Waals surface area contributed by atoms with E-state index in [1.807, 2.05) is 13.8 Å². The zero-order valence-electron chi connectivity index (χ0n) is 8.36. The molecule has 0 amide bonds. The lowest BCUT2D eigenvalue weighted by Gasteiger charge is -1.96. The first-order valence-electron chi connectivity index (χ1n) is 4.41. The summed E-state index contributed by atoms with van der Waals surface area (Å²) in [5.74, 6) is 0. The van der Waals surface area contributed by atoms with E-state index >= 15 is 0 Å². The first kappa shape index (κ1) is 10.4. The van der Waals surface area contributed by atoms with E-state index in [0.717, 1.165) is 15.9 Å². The number of rotatable bonds is 2. The number of oxazole rings is 1. The van der Waals surface area contributed by atoms with Crippen LogP contribution in [0.25, 0.3) is 6.01 Å². The molecule has 0 aliphatic rings. The Balaban J connectivity index is 2.49. The van der Waals surface area contributed by atoms with Gasteiger partial charge in [0, 0.05) is 0 Å². The second-order valence-electron chi connectivity index (χ2n) is 3.18. The van der Waals surface area contributed by atoms with Crippen molar-refractivity contribution < 1.29 is 9.52 Å². The van der Waals surface area contributed by atoms with Crippen LogP contribution in [0.2, 0.25) is 0 Å². The molecule has 2 aromatic rings. The number of aliphatic hydroxyl groups is 1. The van der Waals surface area contributed by atoms with Gasteiger partial charge in [0.25, 0.3) is 0 Å². The third-order valence-electron chi connectivity index (χ3n) is 2.09. The number of hydrogen-bond acceptors (Lipinski definition) is 4. The first-order valence-corrected chi connectivity index (χ1v) is 5.20. The van der Waals surface area contributed by atoms with Crippen molar-refractivity contribution in [2.24, 2.45) is 0 Å². The van der Waals surface area contributed by atoms with Crippen LogP contribution in [-0.4, -0.2) is 19.9 Å². The van der Waals surface area contributed by atoms with Crippen molar-refractivity contribution >= 4 is 15.9 Å². The second kappa shape index (κ2) is 3.79. The molecule has 0 radical (unpaired) electrons. The third-order valence-corrected chi connectivity index (χ3v) is 3.23. The van der Waals surface area contributed by atoms with E-state index in [1.165, 1.54) is 6.26 Å². The van der Waals surface area contributed by atoms with Crippen molar-refractivity contribution in [3.05, 3.63) is 27.8 Å². The fraction of sp³-hybridized carbons (Fsp3) is 0.333. The molecule has 0 fully saturated rings. The molecule has 2 aromatic heterocycles. The number of nitrogens with zero attached hydrogens (tertiary/aromatic N) is 3. The predicted octanol–water partition coefficient (Wildman–Crippen LogP) is 1.73. The van der Waals surface area contributed by atoms with Crippen LogP contribution in [0.15, 0.2) is 15.2 Å². The molecule has 0 spiro atoms. The van der Waals surface area contributed by atoms with Crippen molar-refractivity contribution in [3.63, 3.8) is 0 Å². The smallest absolute Gasteiger partial charge is 0.323 e. The summed E-state index contributed by atoms with van der Waals surface area (Å²) in [5.41, 5.74) is 2.28. The molecule has 2 heterocycles. The molecule has 0 unspecified atom stereocenters. The van der Waals surface area contributed by atoms with Gasteiger partial charge in [-0.1, -0.05) is 0 Å². The van der Waals surface area contributed by atoms with E-state index in [-0.39, 0.29) is 6.61 Å². The number of hydrogen-bond donors (Lipinski definition) is 1. The lowest BCUT2D eigenvalue weighted by molar-refractivity contribution is 0.276. The summed E-state index contributed by atoms with van der Waals surface area (Å²) < 4.78 is 7.73. The summed E-state index contributed by atoms with van der Waals surface area (Å²) >= 11 is 3.42. The highest BCUT2D eigenvalue weighted by Gasteiger charge is 2.14. The van der Waals surface area contributed by atoms with E-state index in [0.29, 0.717) is 11.7 Å². The van der Waals surface area contributed by atoms with Gasteiger partial charge in [-0.3, -0.25) is 0 Å². The van der Waals surface area contributed by atoms with Crippen LogP contribution in [0.3, 0.4) is 0 Å². The monoisotopic (exact) mass is 271 g/mol. The quantitative estimate of drug-likeness (QED) is 0.904. The Morgan fingerprint density at radius 3 is 2.73 bits per heavy atom. The average molecular weight is 272 g/mol. The van der Waals surface area contributed by atoms with E-state index in [4.69, 9.17) is 9.52 Å². The van der Waals surface area contributed by atoms with Crippen molar-refractivity contribution in [2.75, 3.05) is 0 Å². The van der Waals surface area contributed by atoms with Crippen LogP contribution in [-0.2, 0) is 6.61 Å². The summed E-state index contributed by atoms with van der Waals surface area (Å²) in [7, 11) is 0. The molecule has 6 heteroatoms. The van der Waals surface area contributed by atoms with Gasteiger partial charge in [0.15, 0.2) is 0 Å². The Hall–Kier alpha value is -1.14. The van der Waals surface area contributed by atoms with E-state index < -0.39 is 0 Å². The number of aromatic nitrogens is 3. The summed E-state index contributed by atoms with van der Waals surface area (Å²) in [4.78, 5) is 4.08. The van der Waals surface area contributed by atoms with Gasteiger partial charge in [-0.2, -0.15) is 14.8 Å². The Labute approximate surface area is 94.9 Å². The molecule has 0 atom stereocenters. The van der Waals surface area contributed by atoms with Crippen LogP contribution < -0.4 is 0 Å². The summed E-state index contributed by atoms with van der Waals surface area (Å²) in [6.45, 7) is 3.67. The fourth-order valence-electron chi connectivity index (χ4n) is 1.28. The van der Waals surface area contributed by atoms with Gasteiger partial charge in [0.2, 0.25) is 0 Å². The summed E-state index contributed by atoms with van der Waals surface area (Å²) in [6.07, 6.45) is 1.42. The maximum Gasteiger partial charge on any atom is 0.323 e. The fourth-order valence-corrected chi connectivity index (χ4v) is 1.52. The molecule has 80 valence electrons. The van der Waals surface area contributed by atoms with Gasteiger partial charge in [-0.05, 0) is 29.8 Å². The lowest BCUT2D eigenvalue weighted by atomic mass is 10.4. The van der Waals surface area contributed by atoms with E-state index in [9.17, 15) is 0 Å². The van der Waals surface area contributed by atoms with Gasteiger partial charge >= 0.3 is 6.01 Å². The minimum Gasteiger partial charge on any atom is -0.430 e. The van der Waals surface area contributed by atoms with Crippen molar-refractivity contribution in [1.82, 2.24) is 14.8 Å². The summed E-state index contributed by atoms with van der Waals surface area (Å²) in [5, 5.41) is 13.1.